The highest BCUT2D eigenvalue weighted by molar-refractivity contribution is 5.94. The zero-order valence-electron chi connectivity index (χ0n) is 17.8. The zero-order valence-corrected chi connectivity index (χ0v) is 17.8. The topological polar surface area (TPSA) is 67.4 Å². The van der Waals surface area contributed by atoms with E-state index < -0.39 is 0 Å². The smallest absolute Gasteiger partial charge is 0.311 e. The Labute approximate surface area is 180 Å². The zero-order chi connectivity index (χ0) is 21.4. The molecule has 0 atom stereocenters. The van der Waals surface area contributed by atoms with Crippen LogP contribution in [0.2, 0.25) is 0 Å². The molecule has 2 aromatic carbocycles. The van der Waals surface area contributed by atoms with Gasteiger partial charge in [-0.1, -0.05) is 35.9 Å². The number of aromatic nitrogens is 3. The molecule has 0 aliphatic carbocycles. The van der Waals surface area contributed by atoms with E-state index in [0.717, 1.165) is 36.1 Å². The van der Waals surface area contributed by atoms with Crippen molar-refractivity contribution in [1.29, 1.82) is 0 Å². The van der Waals surface area contributed by atoms with Gasteiger partial charge in [0.05, 0.1) is 0 Å². The summed E-state index contributed by atoms with van der Waals surface area (Å²) < 4.78 is 7.84. The summed E-state index contributed by atoms with van der Waals surface area (Å²) in [4.78, 5) is 17.1. The Bertz CT molecular complexity index is 1220. The van der Waals surface area contributed by atoms with Gasteiger partial charge in [-0.25, -0.2) is 0 Å². The van der Waals surface area contributed by atoms with E-state index in [1.807, 2.05) is 42.1 Å². The largest absolute Gasteiger partial charge is 0.412 e. The number of amides is 1. The van der Waals surface area contributed by atoms with Gasteiger partial charge >= 0.3 is 11.8 Å². The average Bonchev–Trinajstić information content (AvgIpc) is 3.43. The molecule has 0 N–H and O–H groups in total. The summed E-state index contributed by atoms with van der Waals surface area (Å²) in [5.74, 6) is 0.224. The third-order valence-corrected chi connectivity index (χ3v) is 5.95. The van der Waals surface area contributed by atoms with Crippen LogP contribution in [0.15, 0.2) is 59.1 Å². The quantitative estimate of drug-likeness (QED) is 0.510. The van der Waals surface area contributed by atoms with E-state index in [2.05, 4.69) is 46.3 Å². The monoisotopic (exact) mass is 415 g/mol. The molecule has 5 rings (SSSR count). The van der Waals surface area contributed by atoms with Crippen molar-refractivity contribution in [3.05, 3.63) is 71.7 Å². The molecule has 4 aromatic rings. The second kappa shape index (κ2) is 8.00. The van der Waals surface area contributed by atoms with E-state index in [-0.39, 0.29) is 11.8 Å². The van der Waals surface area contributed by atoms with Crippen molar-refractivity contribution >= 4 is 16.8 Å². The van der Waals surface area contributed by atoms with Gasteiger partial charge in [-0.3, -0.25) is 9.69 Å². The lowest BCUT2D eigenvalue weighted by molar-refractivity contribution is 0.0590. The Morgan fingerprint density at radius 2 is 1.77 bits per heavy atom. The molecule has 3 heterocycles. The summed E-state index contributed by atoms with van der Waals surface area (Å²) in [6.45, 7) is 5.94. The van der Waals surface area contributed by atoms with Gasteiger partial charge in [0.25, 0.3) is 0 Å². The SMILES string of the molecule is Cc1ccc(CN2CCN(C(=O)c3nnc(-c4cccc5c4ccn5C)o3)CC2)cc1. The predicted octanol–water partition coefficient (Wildman–Crippen LogP) is 3.49. The maximum atomic E-state index is 12.9. The number of carbonyl (C=O) groups excluding carboxylic acids is 1. The van der Waals surface area contributed by atoms with Crippen LogP contribution < -0.4 is 0 Å². The van der Waals surface area contributed by atoms with E-state index in [4.69, 9.17) is 4.42 Å². The molecule has 0 saturated carbocycles. The number of aryl methyl sites for hydroxylation is 2. The van der Waals surface area contributed by atoms with Crippen molar-refractivity contribution in [3.8, 4) is 11.5 Å². The first-order valence-electron chi connectivity index (χ1n) is 10.5. The first-order valence-corrected chi connectivity index (χ1v) is 10.5. The minimum Gasteiger partial charge on any atom is -0.412 e. The lowest BCUT2D eigenvalue weighted by atomic mass is 10.1. The second-order valence-corrected chi connectivity index (χ2v) is 8.13. The van der Waals surface area contributed by atoms with Gasteiger partial charge in [-0.2, -0.15) is 0 Å². The number of carbonyl (C=O) groups is 1. The van der Waals surface area contributed by atoms with Crippen molar-refractivity contribution < 1.29 is 9.21 Å². The third kappa shape index (κ3) is 3.84. The summed E-state index contributed by atoms with van der Waals surface area (Å²) >= 11 is 0. The molecule has 7 heteroatoms. The van der Waals surface area contributed by atoms with Crippen molar-refractivity contribution in [2.24, 2.45) is 7.05 Å². The maximum absolute atomic E-state index is 12.9. The molecule has 0 spiro atoms. The van der Waals surface area contributed by atoms with Crippen LogP contribution in [0.25, 0.3) is 22.4 Å². The summed E-state index contributed by atoms with van der Waals surface area (Å²) in [6, 6.07) is 16.6. The molecule has 1 amide bonds. The molecule has 158 valence electrons. The van der Waals surface area contributed by atoms with Crippen LogP contribution in [0, 0.1) is 6.92 Å². The van der Waals surface area contributed by atoms with Gasteiger partial charge in [-0.05, 0) is 30.7 Å². The van der Waals surface area contributed by atoms with Crippen LogP contribution in [-0.4, -0.2) is 56.7 Å². The highest BCUT2D eigenvalue weighted by Gasteiger charge is 2.26. The van der Waals surface area contributed by atoms with Gasteiger partial charge in [-0.15, -0.1) is 10.2 Å². The maximum Gasteiger partial charge on any atom is 0.311 e. The fourth-order valence-electron chi connectivity index (χ4n) is 4.10. The molecule has 2 aromatic heterocycles. The molecule has 1 fully saturated rings. The molecule has 1 saturated heterocycles. The summed E-state index contributed by atoms with van der Waals surface area (Å²) in [5.41, 5.74) is 4.48. The highest BCUT2D eigenvalue weighted by atomic mass is 16.4. The Kier molecular flexibility index (Phi) is 5.03. The first kappa shape index (κ1) is 19.5. The third-order valence-electron chi connectivity index (χ3n) is 5.95. The lowest BCUT2D eigenvalue weighted by Gasteiger charge is -2.34. The Morgan fingerprint density at radius 3 is 2.55 bits per heavy atom. The number of fused-ring (bicyclic) bond motifs is 1. The molecule has 7 nitrogen and oxygen atoms in total. The molecule has 1 aliphatic rings. The van der Waals surface area contributed by atoms with Crippen molar-refractivity contribution in [1.82, 2.24) is 24.6 Å². The van der Waals surface area contributed by atoms with Crippen molar-refractivity contribution in [2.45, 2.75) is 13.5 Å². The van der Waals surface area contributed by atoms with Gasteiger partial charge < -0.3 is 13.9 Å². The number of rotatable bonds is 4. The summed E-state index contributed by atoms with van der Waals surface area (Å²) in [7, 11) is 1.99. The lowest BCUT2D eigenvalue weighted by Crippen LogP contribution is -2.48. The minimum absolute atomic E-state index is 0.0509. The molecule has 31 heavy (non-hydrogen) atoms. The minimum atomic E-state index is -0.200. The second-order valence-electron chi connectivity index (χ2n) is 8.13. The number of hydrogen-bond donors (Lipinski definition) is 0. The molecular formula is C24H25N5O2. The standard InChI is InChI=1S/C24H25N5O2/c1-17-6-8-18(9-7-17)16-28-12-14-29(15-13-28)24(30)23-26-25-22(31-23)20-4-3-5-21-19(20)10-11-27(21)2/h3-11H,12-16H2,1-2H3. The number of piperazine rings is 1. The Balaban J connectivity index is 1.25. The van der Waals surface area contributed by atoms with Crippen LogP contribution in [0.3, 0.4) is 0 Å². The fourth-order valence-corrected chi connectivity index (χ4v) is 4.10. The van der Waals surface area contributed by atoms with Gasteiger partial charge in [0.2, 0.25) is 5.89 Å². The van der Waals surface area contributed by atoms with Crippen LogP contribution in [0.5, 0.6) is 0 Å². The van der Waals surface area contributed by atoms with Crippen LogP contribution in [0.4, 0.5) is 0 Å². The molecule has 0 unspecified atom stereocenters. The van der Waals surface area contributed by atoms with Crippen LogP contribution in [0.1, 0.15) is 21.8 Å². The van der Waals surface area contributed by atoms with E-state index in [1.54, 1.807) is 4.90 Å². The van der Waals surface area contributed by atoms with E-state index >= 15 is 0 Å². The summed E-state index contributed by atoms with van der Waals surface area (Å²) in [6.07, 6.45) is 1.99. The van der Waals surface area contributed by atoms with E-state index in [0.29, 0.717) is 19.0 Å². The Morgan fingerprint density at radius 1 is 1.00 bits per heavy atom. The number of benzene rings is 2. The average molecular weight is 415 g/mol. The fraction of sp³-hybridized carbons (Fsp3) is 0.292. The molecule has 0 radical (unpaired) electrons. The summed E-state index contributed by atoms with van der Waals surface area (Å²) in [5, 5.41) is 9.23. The van der Waals surface area contributed by atoms with Gasteiger partial charge in [0.15, 0.2) is 0 Å². The Hall–Kier alpha value is -3.45. The van der Waals surface area contributed by atoms with Crippen LogP contribution >= 0.6 is 0 Å². The molecule has 0 bridgehead atoms. The number of hydrogen-bond acceptors (Lipinski definition) is 5. The van der Waals surface area contributed by atoms with Gasteiger partial charge in [0, 0.05) is 62.4 Å². The first-order chi connectivity index (χ1) is 15.1. The van der Waals surface area contributed by atoms with E-state index in [9.17, 15) is 4.79 Å². The molecule has 1 aliphatic heterocycles. The molecular weight excluding hydrogens is 390 g/mol. The van der Waals surface area contributed by atoms with Gasteiger partial charge in [0.1, 0.15) is 0 Å². The number of nitrogens with zero attached hydrogens (tertiary/aromatic N) is 5. The van der Waals surface area contributed by atoms with E-state index in [1.165, 1.54) is 11.1 Å². The normalized spacial score (nSPS) is 15.0. The van der Waals surface area contributed by atoms with Crippen molar-refractivity contribution in [3.63, 3.8) is 0 Å². The van der Waals surface area contributed by atoms with Crippen LogP contribution in [-0.2, 0) is 13.6 Å². The highest BCUT2D eigenvalue weighted by Crippen LogP contribution is 2.28. The predicted molar refractivity (Wildman–Crippen MR) is 119 cm³/mol. The van der Waals surface area contributed by atoms with Crippen molar-refractivity contribution in [2.75, 3.05) is 26.2 Å².